The van der Waals surface area contributed by atoms with E-state index in [1.54, 1.807) is 34.1 Å². The van der Waals surface area contributed by atoms with Gasteiger partial charge in [0.05, 0.1) is 18.5 Å². The minimum atomic E-state index is -1.03. The van der Waals surface area contributed by atoms with Crippen molar-refractivity contribution in [2.45, 2.75) is 90.9 Å². The lowest BCUT2D eigenvalue weighted by atomic mass is 9.88. The second-order valence-corrected chi connectivity index (χ2v) is 12.9. The summed E-state index contributed by atoms with van der Waals surface area (Å²) in [4.78, 5) is 61.3. The number of piperazine rings is 1. The Morgan fingerprint density at radius 2 is 1.69 bits per heavy atom. The molecule has 1 saturated heterocycles. The van der Waals surface area contributed by atoms with Crippen LogP contribution in [0.2, 0.25) is 0 Å². The van der Waals surface area contributed by atoms with E-state index in [0.29, 0.717) is 30.1 Å². The number of para-hydroxylation sites is 1. The highest BCUT2D eigenvalue weighted by molar-refractivity contribution is 6.08. The van der Waals surface area contributed by atoms with Crippen LogP contribution >= 0.6 is 0 Å². The lowest BCUT2D eigenvalue weighted by molar-refractivity contribution is -0.158. The average Bonchev–Trinajstić information content (AvgIpc) is 3.47. The van der Waals surface area contributed by atoms with Gasteiger partial charge in [-0.1, -0.05) is 65.2 Å². The fraction of sp³-hybridized carbons (Fsp3) is 0.576. The summed E-state index contributed by atoms with van der Waals surface area (Å²) in [7, 11) is 0. The highest BCUT2D eigenvalue weighted by Crippen LogP contribution is 2.40. The number of nitrogens with zero attached hydrogens (tertiary/aromatic N) is 3. The first-order chi connectivity index (χ1) is 20.2. The summed E-state index contributed by atoms with van der Waals surface area (Å²) in [6.07, 6.45) is 7.10. The fourth-order valence-electron chi connectivity index (χ4n) is 6.81. The first-order valence-electron chi connectivity index (χ1n) is 15.5. The van der Waals surface area contributed by atoms with Crippen LogP contribution in [0.1, 0.15) is 94.8 Å². The summed E-state index contributed by atoms with van der Waals surface area (Å²) < 4.78 is 5.56. The molecule has 3 aliphatic rings. The molecule has 1 saturated carbocycles. The molecule has 42 heavy (non-hydrogen) atoms. The van der Waals surface area contributed by atoms with E-state index in [-0.39, 0.29) is 54.2 Å². The van der Waals surface area contributed by atoms with Gasteiger partial charge in [0.25, 0.3) is 11.8 Å². The quantitative estimate of drug-likeness (QED) is 0.469. The van der Waals surface area contributed by atoms with Gasteiger partial charge in [-0.25, -0.2) is 0 Å². The summed E-state index contributed by atoms with van der Waals surface area (Å²) in [6.45, 7) is 8.78. The van der Waals surface area contributed by atoms with Crippen LogP contribution < -0.4 is 10.2 Å². The van der Waals surface area contributed by atoms with Crippen molar-refractivity contribution >= 4 is 29.3 Å². The van der Waals surface area contributed by atoms with Gasteiger partial charge in [-0.2, -0.15) is 0 Å². The molecule has 3 atom stereocenters. The number of fused-ring (bicyclic) bond motifs is 2. The monoisotopic (exact) mass is 576 g/mol. The van der Waals surface area contributed by atoms with Gasteiger partial charge in [0, 0.05) is 18.5 Å². The zero-order valence-electron chi connectivity index (χ0n) is 25.3. The molecule has 1 aliphatic carbocycles. The normalized spacial score (nSPS) is 23.2. The molecule has 4 amide bonds. The van der Waals surface area contributed by atoms with Gasteiger partial charge >= 0.3 is 0 Å². The van der Waals surface area contributed by atoms with E-state index in [4.69, 9.17) is 4.42 Å². The average molecular weight is 577 g/mol. The van der Waals surface area contributed by atoms with Gasteiger partial charge in [-0.05, 0) is 55.2 Å². The van der Waals surface area contributed by atoms with Gasteiger partial charge in [-0.15, -0.1) is 0 Å². The summed E-state index contributed by atoms with van der Waals surface area (Å²) in [5.74, 6) is -0.308. The van der Waals surface area contributed by atoms with E-state index in [1.807, 2.05) is 44.7 Å². The maximum absolute atomic E-state index is 14.6. The third kappa shape index (κ3) is 6.10. The van der Waals surface area contributed by atoms with Crippen molar-refractivity contribution in [3.05, 3.63) is 54.0 Å². The molecular weight excluding hydrogens is 532 g/mol. The number of carbonyl (C=O) groups excluding carboxylic acids is 4. The second-order valence-electron chi connectivity index (χ2n) is 12.9. The van der Waals surface area contributed by atoms with Gasteiger partial charge < -0.3 is 19.5 Å². The van der Waals surface area contributed by atoms with Crippen molar-refractivity contribution in [3.63, 3.8) is 0 Å². The number of anilines is 1. The van der Waals surface area contributed by atoms with Crippen molar-refractivity contribution < 1.29 is 23.6 Å². The van der Waals surface area contributed by atoms with Crippen molar-refractivity contribution in [2.75, 3.05) is 18.0 Å². The first-order valence-corrected chi connectivity index (χ1v) is 15.5. The number of nitrogens with one attached hydrogen (secondary N) is 1. The Morgan fingerprint density at radius 3 is 2.36 bits per heavy atom. The molecule has 0 spiro atoms. The number of hydrogen-bond donors (Lipinski definition) is 1. The maximum Gasteiger partial charge on any atom is 0.295 e. The SMILES string of the molecule is CC(C)CC(=O)NC1C(=O)N2C(CN(CC3CCCCC3)C(=O)[C@@H]2CC(C)C)N(C(=O)c2ccco2)c2ccccc21. The predicted octanol–water partition coefficient (Wildman–Crippen LogP) is 5.14. The molecule has 5 rings (SSSR count). The Kier molecular flexibility index (Phi) is 9.04. The Morgan fingerprint density at radius 1 is 0.952 bits per heavy atom. The van der Waals surface area contributed by atoms with E-state index < -0.39 is 18.2 Å². The molecule has 2 aromatic rings. The molecule has 2 fully saturated rings. The standard InChI is InChI=1S/C33H44N4O5/c1-21(2)17-26-31(39)35(19-23-11-6-5-7-12-23)20-29-36(32(40)27-15-10-16-42-27)25-14-9-8-13-24(25)30(33(41)37(26)29)34-28(38)18-22(3)4/h8-10,13-16,21-23,26,29-30H,5-7,11-12,17-20H2,1-4H3,(H,34,38)/t26-,29?,30?/m0/s1. The lowest BCUT2D eigenvalue weighted by Crippen LogP contribution is -2.69. The van der Waals surface area contributed by atoms with Gasteiger partial charge in [0.1, 0.15) is 18.2 Å². The van der Waals surface area contributed by atoms with Crippen LogP contribution in [-0.4, -0.2) is 58.7 Å². The van der Waals surface area contributed by atoms with Gasteiger partial charge in [-0.3, -0.25) is 24.1 Å². The number of carbonyl (C=O) groups is 4. The molecule has 1 aromatic carbocycles. The fourth-order valence-corrected chi connectivity index (χ4v) is 6.81. The van der Waals surface area contributed by atoms with Crippen LogP contribution in [0.3, 0.4) is 0 Å². The molecule has 0 bridgehead atoms. The van der Waals surface area contributed by atoms with E-state index >= 15 is 0 Å². The smallest absolute Gasteiger partial charge is 0.295 e. The van der Waals surface area contributed by atoms with Crippen molar-refractivity contribution in [3.8, 4) is 0 Å². The van der Waals surface area contributed by atoms with E-state index in [2.05, 4.69) is 5.32 Å². The Bertz CT molecular complexity index is 1280. The molecule has 2 unspecified atom stereocenters. The molecule has 3 heterocycles. The van der Waals surface area contributed by atoms with Crippen LogP contribution in [0.4, 0.5) is 5.69 Å². The number of furan rings is 1. The molecule has 226 valence electrons. The molecule has 9 nitrogen and oxygen atoms in total. The second kappa shape index (κ2) is 12.7. The third-order valence-electron chi connectivity index (χ3n) is 8.69. The minimum Gasteiger partial charge on any atom is -0.459 e. The van der Waals surface area contributed by atoms with Crippen LogP contribution in [0, 0.1) is 17.8 Å². The third-order valence-corrected chi connectivity index (χ3v) is 8.69. The Labute approximate surface area is 248 Å². The number of hydrogen-bond acceptors (Lipinski definition) is 5. The van der Waals surface area contributed by atoms with Crippen LogP contribution in [0.25, 0.3) is 0 Å². The number of benzene rings is 1. The van der Waals surface area contributed by atoms with E-state index in [9.17, 15) is 19.2 Å². The summed E-state index contributed by atoms with van der Waals surface area (Å²) in [6, 6.07) is 8.72. The maximum atomic E-state index is 14.6. The van der Waals surface area contributed by atoms with Crippen LogP contribution in [0.15, 0.2) is 47.1 Å². The van der Waals surface area contributed by atoms with Crippen LogP contribution in [0.5, 0.6) is 0 Å². The summed E-state index contributed by atoms with van der Waals surface area (Å²) >= 11 is 0. The van der Waals surface area contributed by atoms with Crippen LogP contribution in [-0.2, 0) is 14.4 Å². The minimum absolute atomic E-state index is 0.0810. The molecule has 1 N–H and O–H groups in total. The first kappa shape index (κ1) is 29.9. The highest BCUT2D eigenvalue weighted by atomic mass is 16.3. The summed E-state index contributed by atoms with van der Waals surface area (Å²) in [5, 5.41) is 2.97. The Hall–Kier alpha value is -3.62. The van der Waals surface area contributed by atoms with E-state index in [0.717, 1.165) is 25.7 Å². The van der Waals surface area contributed by atoms with Gasteiger partial charge in [0.15, 0.2) is 5.76 Å². The van der Waals surface area contributed by atoms with Gasteiger partial charge in [0.2, 0.25) is 11.8 Å². The summed E-state index contributed by atoms with van der Waals surface area (Å²) in [5.41, 5.74) is 1.06. The molecule has 0 radical (unpaired) electrons. The predicted molar refractivity (Wildman–Crippen MR) is 159 cm³/mol. The zero-order valence-corrected chi connectivity index (χ0v) is 25.3. The van der Waals surface area contributed by atoms with Crippen molar-refractivity contribution in [1.82, 2.24) is 15.1 Å². The van der Waals surface area contributed by atoms with E-state index in [1.165, 1.54) is 12.7 Å². The lowest BCUT2D eigenvalue weighted by Gasteiger charge is -2.50. The molecule has 9 heteroatoms. The van der Waals surface area contributed by atoms with Crippen molar-refractivity contribution in [1.29, 1.82) is 0 Å². The molecule has 2 aliphatic heterocycles. The topological polar surface area (TPSA) is 103 Å². The molecular formula is C33H44N4O5. The molecule has 1 aromatic heterocycles. The largest absolute Gasteiger partial charge is 0.459 e. The number of amides is 4. The highest BCUT2D eigenvalue weighted by Gasteiger charge is 2.52. The Balaban J connectivity index is 1.63. The number of rotatable bonds is 8. The van der Waals surface area contributed by atoms with Crippen molar-refractivity contribution in [2.24, 2.45) is 17.8 Å². The zero-order chi connectivity index (χ0) is 30.0.